The van der Waals surface area contributed by atoms with Gasteiger partial charge in [-0.3, -0.25) is 9.59 Å². The SMILES string of the molecule is N#Cc1cccc(NC(=O)CSc2ccccc2C(=O)N2CCc3ccccc3C2)c1. The van der Waals surface area contributed by atoms with Gasteiger partial charge in [-0.25, -0.2) is 0 Å². The fourth-order valence-corrected chi connectivity index (χ4v) is 4.46. The zero-order valence-corrected chi connectivity index (χ0v) is 17.7. The third-order valence-corrected chi connectivity index (χ3v) is 6.24. The number of nitrogens with one attached hydrogen (secondary N) is 1. The number of carbonyl (C=O) groups excluding carboxylic acids is 2. The standard InChI is InChI=1S/C25H21N3O2S/c26-15-18-6-5-9-21(14-18)27-24(29)17-31-23-11-4-3-10-22(23)25(30)28-13-12-19-7-1-2-8-20(19)16-28/h1-11,14H,12-13,16-17H2,(H,27,29). The number of thioether (sulfide) groups is 1. The van der Waals surface area contributed by atoms with Crippen LogP contribution >= 0.6 is 11.8 Å². The highest BCUT2D eigenvalue weighted by Crippen LogP contribution is 2.27. The second kappa shape index (κ2) is 9.50. The molecule has 0 spiro atoms. The van der Waals surface area contributed by atoms with Crippen molar-refractivity contribution in [3.05, 3.63) is 95.1 Å². The fourth-order valence-electron chi connectivity index (χ4n) is 3.62. The van der Waals surface area contributed by atoms with E-state index in [1.165, 1.54) is 22.9 Å². The van der Waals surface area contributed by atoms with Gasteiger partial charge in [0.25, 0.3) is 5.91 Å². The minimum absolute atomic E-state index is 0.0141. The molecular weight excluding hydrogens is 406 g/mol. The number of fused-ring (bicyclic) bond motifs is 1. The Bertz CT molecular complexity index is 1170. The number of rotatable bonds is 5. The van der Waals surface area contributed by atoms with Gasteiger partial charge >= 0.3 is 0 Å². The van der Waals surface area contributed by atoms with Gasteiger partial charge in [0.15, 0.2) is 0 Å². The Hall–Kier alpha value is -3.56. The van der Waals surface area contributed by atoms with Gasteiger partial charge in [0.2, 0.25) is 5.91 Å². The van der Waals surface area contributed by atoms with Gasteiger partial charge in [0.1, 0.15) is 0 Å². The molecule has 6 heteroatoms. The maximum absolute atomic E-state index is 13.2. The molecule has 0 aliphatic carbocycles. The summed E-state index contributed by atoms with van der Waals surface area (Å²) in [4.78, 5) is 28.3. The van der Waals surface area contributed by atoms with Gasteiger partial charge in [0, 0.05) is 23.7 Å². The van der Waals surface area contributed by atoms with Crippen LogP contribution in [0.3, 0.4) is 0 Å². The zero-order valence-electron chi connectivity index (χ0n) is 16.9. The van der Waals surface area contributed by atoms with E-state index in [1.54, 1.807) is 24.3 Å². The first-order valence-electron chi connectivity index (χ1n) is 10.0. The van der Waals surface area contributed by atoms with Gasteiger partial charge in [-0.05, 0) is 47.9 Å². The van der Waals surface area contributed by atoms with Crippen LogP contribution in [0, 0.1) is 11.3 Å². The van der Waals surface area contributed by atoms with Gasteiger partial charge in [-0.15, -0.1) is 11.8 Å². The second-order valence-electron chi connectivity index (χ2n) is 7.27. The van der Waals surface area contributed by atoms with Crippen LogP contribution in [0.2, 0.25) is 0 Å². The van der Waals surface area contributed by atoms with Crippen molar-refractivity contribution < 1.29 is 9.59 Å². The van der Waals surface area contributed by atoms with Crippen molar-refractivity contribution in [2.75, 3.05) is 17.6 Å². The predicted molar refractivity (Wildman–Crippen MR) is 122 cm³/mol. The molecule has 4 rings (SSSR count). The molecule has 0 fully saturated rings. The lowest BCUT2D eigenvalue weighted by Crippen LogP contribution is -2.36. The van der Waals surface area contributed by atoms with Crippen molar-refractivity contribution in [2.24, 2.45) is 0 Å². The fraction of sp³-hybridized carbons (Fsp3) is 0.160. The number of amides is 2. The molecule has 0 aromatic heterocycles. The summed E-state index contributed by atoms with van der Waals surface area (Å²) in [6, 6.07) is 24.5. The van der Waals surface area contributed by atoms with Crippen LogP contribution < -0.4 is 5.32 Å². The highest BCUT2D eigenvalue weighted by atomic mass is 32.2. The molecule has 1 aliphatic rings. The number of carbonyl (C=O) groups is 2. The van der Waals surface area contributed by atoms with Crippen LogP contribution in [0.5, 0.6) is 0 Å². The van der Waals surface area contributed by atoms with E-state index in [1.807, 2.05) is 41.3 Å². The molecule has 5 nitrogen and oxygen atoms in total. The Labute approximate surface area is 185 Å². The average molecular weight is 428 g/mol. The van der Waals surface area contributed by atoms with E-state index in [0.29, 0.717) is 29.9 Å². The average Bonchev–Trinajstić information content (AvgIpc) is 2.82. The summed E-state index contributed by atoms with van der Waals surface area (Å²) in [5.74, 6) is -0.0295. The molecule has 1 heterocycles. The van der Waals surface area contributed by atoms with E-state index in [0.717, 1.165) is 11.3 Å². The van der Waals surface area contributed by atoms with Crippen molar-refractivity contribution in [3.63, 3.8) is 0 Å². The Morgan fingerprint density at radius 3 is 2.61 bits per heavy atom. The minimum atomic E-state index is -0.186. The molecule has 0 radical (unpaired) electrons. The van der Waals surface area contributed by atoms with Crippen molar-refractivity contribution in [3.8, 4) is 6.07 Å². The Balaban J connectivity index is 1.42. The van der Waals surface area contributed by atoms with Crippen LogP contribution in [-0.4, -0.2) is 29.0 Å². The first-order chi connectivity index (χ1) is 15.1. The topological polar surface area (TPSA) is 73.2 Å². The molecule has 0 atom stereocenters. The molecule has 0 saturated carbocycles. The number of nitriles is 1. The lowest BCUT2D eigenvalue weighted by molar-refractivity contribution is -0.113. The molecule has 154 valence electrons. The molecule has 3 aromatic rings. The summed E-state index contributed by atoms with van der Waals surface area (Å²) in [5, 5.41) is 11.8. The lowest BCUT2D eigenvalue weighted by Gasteiger charge is -2.29. The number of nitrogens with zero attached hydrogens (tertiary/aromatic N) is 2. The van der Waals surface area contributed by atoms with E-state index in [4.69, 9.17) is 5.26 Å². The van der Waals surface area contributed by atoms with Crippen molar-refractivity contribution in [1.82, 2.24) is 4.90 Å². The molecule has 0 bridgehead atoms. The van der Waals surface area contributed by atoms with Gasteiger partial charge in [-0.1, -0.05) is 42.5 Å². The molecular formula is C25H21N3O2S. The van der Waals surface area contributed by atoms with Crippen molar-refractivity contribution in [1.29, 1.82) is 5.26 Å². The summed E-state index contributed by atoms with van der Waals surface area (Å²) in [6.07, 6.45) is 0.849. The first kappa shape index (κ1) is 20.7. The zero-order chi connectivity index (χ0) is 21.6. The van der Waals surface area contributed by atoms with Crippen LogP contribution in [0.1, 0.15) is 27.0 Å². The quantitative estimate of drug-likeness (QED) is 0.609. The number of hydrogen-bond donors (Lipinski definition) is 1. The summed E-state index contributed by atoms with van der Waals surface area (Å²) in [7, 11) is 0. The van der Waals surface area contributed by atoms with Crippen LogP contribution in [0.15, 0.2) is 77.7 Å². The van der Waals surface area contributed by atoms with Crippen molar-refractivity contribution >= 4 is 29.3 Å². The maximum atomic E-state index is 13.2. The van der Waals surface area contributed by atoms with Gasteiger partial charge < -0.3 is 10.2 Å². The Morgan fingerprint density at radius 1 is 1.00 bits per heavy atom. The summed E-state index contributed by atoms with van der Waals surface area (Å²) < 4.78 is 0. The smallest absolute Gasteiger partial charge is 0.255 e. The second-order valence-corrected chi connectivity index (χ2v) is 8.29. The van der Waals surface area contributed by atoms with E-state index < -0.39 is 0 Å². The summed E-state index contributed by atoms with van der Waals surface area (Å²) in [6.45, 7) is 1.29. The van der Waals surface area contributed by atoms with Gasteiger partial charge in [0.05, 0.1) is 22.9 Å². The third-order valence-electron chi connectivity index (χ3n) is 5.17. The molecule has 1 aliphatic heterocycles. The predicted octanol–water partition coefficient (Wildman–Crippen LogP) is 4.49. The molecule has 0 saturated heterocycles. The van der Waals surface area contributed by atoms with Crippen LogP contribution in [0.25, 0.3) is 0 Å². The van der Waals surface area contributed by atoms with Crippen LogP contribution in [-0.2, 0) is 17.8 Å². The Morgan fingerprint density at radius 2 is 1.77 bits per heavy atom. The molecule has 31 heavy (non-hydrogen) atoms. The monoisotopic (exact) mass is 427 g/mol. The van der Waals surface area contributed by atoms with Crippen LogP contribution in [0.4, 0.5) is 5.69 Å². The minimum Gasteiger partial charge on any atom is -0.334 e. The number of anilines is 1. The number of hydrogen-bond acceptors (Lipinski definition) is 4. The lowest BCUT2D eigenvalue weighted by atomic mass is 9.99. The largest absolute Gasteiger partial charge is 0.334 e. The first-order valence-corrected chi connectivity index (χ1v) is 11.0. The maximum Gasteiger partial charge on any atom is 0.255 e. The Kier molecular flexibility index (Phi) is 6.34. The normalized spacial score (nSPS) is 12.5. The van der Waals surface area contributed by atoms with E-state index in [-0.39, 0.29) is 17.6 Å². The molecule has 1 N–H and O–H groups in total. The third kappa shape index (κ3) is 4.96. The highest BCUT2D eigenvalue weighted by Gasteiger charge is 2.23. The molecule has 2 amide bonds. The molecule has 0 unspecified atom stereocenters. The van der Waals surface area contributed by atoms with E-state index >= 15 is 0 Å². The molecule has 3 aromatic carbocycles. The van der Waals surface area contributed by atoms with Gasteiger partial charge in [-0.2, -0.15) is 5.26 Å². The van der Waals surface area contributed by atoms with E-state index in [2.05, 4.69) is 23.5 Å². The van der Waals surface area contributed by atoms with Crippen molar-refractivity contribution in [2.45, 2.75) is 17.9 Å². The summed E-state index contributed by atoms with van der Waals surface area (Å²) >= 11 is 1.34. The summed E-state index contributed by atoms with van der Waals surface area (Å²) in [5.41, 5.74) is 4.18. The highest BCUT2D eigenvalue weighted by molar-refractivity contribution is 8.00. The van der Waals surface area contributed by atoms with E-state index in [9.17, 15) is 9.59 Å². The number of benzene rings is 3.